The quantitative estimate of drug-likeness (QED) is 0.0617. The van der Waals surface area contributed by atoms with Crippen molar-refractivity contribution in [2.24, 2.45) is 23.2 Å². The Morgan fingerprint density at radius 2 is 1.49 bits per heavy atom. The van der Waals surface area contributed by atoms with Gasteiger partial charge in [0.05, 0.1) is 12.2 Å². The van der Waals surface area contributed by atoms with E-state index in [1.54, 1.807) is 0 Å². The van der Waals surface area contributed by atoms with Crippen LogP contribution < -0.4 is 4.74 Å². The van der Waals surface area contributed by atoms with Crippen LogP contribution in [0.4, 0.5) is 8.78 Å². The van der Waals surface area contributed by atoms with Crippen LogP contribution in [0.2, 0.25) is 0 Å². The number of carbonyl (C=O) groups is 1. The lowest BCUT2D eigenvalue weighted by atomic mass is 9.64. The van der Waals surface area contributed by atoms with Gasteiger partial charge in [-0.15, -0.1) is 6.58 Å². The first-order chi connectivity index (χ1) is 24.7. The topological polar surface area (TPSA) is 44.8 Å². The summed E-state index contributed by atoms with van der Waals surface area (Å²) in [5.74, 6) is -1.66. The van der Waals surface area contributed by atoms with Crippen LogP contribution in [0.5, 0.6) is 5.75 Å². The maximum Gasteiger partial charge on any atom is 0.344 e. The molecule has 4 aromatic carbocycles. The van der Waals surface area contributed by atoms with Crippen molar-refractivity contribution in [3.63, 3.8) is 0 Å². The van der Waals surface area contributed by atoms with Gasteiger partial charge >= 0.3 is 5.97 Å². The van der Waals surface area contributed by atoms with Crippen molar-refractivity contribution < 1.29 is 27.8 Å². The predicted octanol–water partition coefficient (Wildman–Crippen LogP) is 10.9. The Balaban J connectivity index is 0.791. The highest BCUT2D eigenvalue weighted by Gasteiger charge is 2.77. The smallest absolute Gasteiger partial charge is 0.344 e. The Labute approximate surface area is 301 Å². The monoisotopic (exact) mass is 707 g/mol. The molecule has 3 aliphatic rings. The molecule has 0 amide bonds. The number of rotatable bonds is 15. The van der Waals surface area contributed by atoms with Crippen LogP contribution in [0.1, 0.15) is 50.2 Å². The van der Waals surface area contributed by atoms with Gasteiger partial charge in [0.25, 0.3) is 5.92 Å². The first-order valence-corrected chi connectivity index (χ1v) is 19.4. The zero-order chi connectivity index (χ0) is 35.2. The number of allylic oxidation sites excluding steroid dienone is 1. The fourth-order valence-electron chi connectivity index (χ4n) is 9.32. The Bertz CT molecular complexity index is 2000. The molecule has 4 nitrogen and oxygen atoms in total. The summed E-state index contributed by atoms with van der Waals surface area (Å²) in [6.45, 7) is 5.06. The third-order valence-corrected chi connectivity index (χ3v) is 14.4. The molecule has 3 aliphatic carbocycles. The molecule has 1 heterocycles. The lowest BCUT2D eigenvalue weighted by Gasteiger charge is -2.45. The molecule has 7 heteroatoms. The molecule has 0 spiro atoms. The number of thiophene rings is 1. The number of hydrogen-bond acceptors (Lipinski definition) is 4. The van der Waals surface area contributed by atoms with Gasteiger partial charge in [0.15, 0.2) is 20.9 Å². The normalized spacial score (nSPS) is 24.9. The number of carbonyl (C=O) groups excluding carboxylic acids is 1. The molecule has 3 saturated carbocycles. The number of fused-ring (bicyclic) bond motifs is 6. The number of aryl methyl sites for hydroxylation is 2. The van der Waals surface area contributed by atoms with E-state index >= 15 is 0 Å². The van der Waals surface area contributed by atoms with Crippen LogP contribution in [0, 0.1) is 23.2 Å². The number of ether oxygens (including phenoxy) is 3. The molecule has 0 aliphatic heterocycles. The van der Waals surface area contributed by atoms with Gasteiger partial charge in [0.1, 0.15) is 12.4 Å². The molecule has 5 atom stereocenters. The average Bonchev–Trinajstić information content (AvgIpc) is 3.71. The Hall–Kier alpha value is -4.07. The van der Waals surface area contributed by atoms with Gasteiger partial charge < -0.3 is 14.2 Å². The van der Waals surface area contributed by atoms with E-state index in [-0.39, 0.29) is 34.8 Å². The second kappa shape index (κ2) is 13.5. The molecule has 0 radical (unpaired) electrons. The second-order valence-electron chi connectivity index (χ2n) is 14.9. The fourth-order valence-corrected chi connectivity index (χ4v) is 11.7. The van der Waals surface area contributed by atoms with Crippen LogP contribution in [0.3, 0.4) is 0 Å². The van der Waals surface area contributed by atoms with Crippen molar-refractivity contribution >= 4 is 36.6 Å². The van der Waals surface area contributed by atoms with E-state index in [1.165, 1.54) is 42.3 Å². The van der Waals surface area contributed by atoms with Crippen molar-refractivity contribution in [2.75, 3.05) is 19.8 Å². The van der Waals surface area contributed by atoms with Gasteiger partial charge in [-0.1, -0.05) is 54.6 Å². The minimum Gasteiger partial charge on any atom is -0.482 e. The van der Waals surface area contributed by atoms with E-state index in [4.69, 9.17) is 14.2 Å². The third kappa shape index (κ3) is 6.37. The summed E-state index contributed by atoms with van der Waals surface area (Å²) >= 11 is 0. The Kier molecular flexibility index (Phi) is 9.00. The van der Waals surface area contributed by atoms with Crippen molar-refractivity contribution in [2.45, 2.75) is 63.4 Å². The van der Waals surface area contributed by atoms with Crippen molar-refractivity contribution in [3.8, 4) is 10.6 Å². The largest absolute Gasteiger partial charge is 0.482 e. The highest BCUT2D eigenvalue weighted by atomic mass is 32.2. The van der Waals surface area contributed by atoms with Gasteiger partial charge in [0, 0.05) is 27.7 Å². The Morgan fingerprint density at radius 1 is 0.882 bits per heavy atom. The van der Waals surface area contributed by atoms with Crippen LogP contribution >= 0.6 is 10.5 Å². The summed E-state index contributed by atoms with van der Waals surface area (Å²) < 4.78 is 48.5. The number of benzene rings is 4. The molecular weight excluding hydrogens is 663 g/mol. The average molecular weight is 708 g/mol. The van der Waals surface area contributed by atoms with Gasteiger partial charge in [-0.05, 0) is 128 Å². The molecule has 5 aromatic rings. The summed E-state index contributed by atoms with van der Waals surface area (Å²) in [4.78, 5) is 13.9. The van der Waals surface area contributed by atoms with Gasteiger partial charge in [-0.25, -0.2) is 13.6 Å². The van der Waals surface area contributed by atoms with Crippen molar-refractivity contribution in [1.29, 1.82) is 0 Å². The second-order valence-corrected chi connectivity index (χ2v) is 16.9. The van der Waals surface area contributed by atoms with E-state index in [0.29, 0.717) is 24.2 Å². The number of halogens is 2. The first-order valence-electron chi connectivity index (χ1n) is 18.2. The molecule has 3 fully saturated rings. The molecule has 264 valence electrons. The van der Waals surface area contributed by atoms with E-state index in [9.17, 15) is 13.6 Å². The van der Waals surface area contributed by atoms with Crippen LogP contribution in [0.15, 0.2) is 110 Å². The van der Waals surface area contributed by atoms with Crippen LogP contribution in [0.25, 0.3) is 25.1 Å². The molecule has 51 heavy (non-hydrogen) atoms. The summed E-state index contributed by atoms with van der Waals surface area (Å²) in [6.07, 6.45) is 6.51. The lowest BCUT2D eigenvalue weighted by molar-refractivity contribution is -0.166. The summed E-state index contributed by atoms with van der Waals surface area (Å²) in [5, 5.41) is 2.69. The summed E-state index contributed by atoms with van der Waals surface area (Å²) in [6, 6.07) is 34.5. The minimum atomic E-state index is -2.90. The zero-order valence-corrected chi connectivity index (χ0v) is 29.9. The van der Waals surface area contributed by atoms with Gasteiger partial charge in [-0.2, -0.15) is 0 Å². The van der Waals surface area contributed by atoms with Gasteiger partial charge in [-0.3, -0.25) is 0 Å². The molecular formula is C44H45F2O4S+. The highest BCUT2D eigenvalue weighted by molar-refractivity contribution is 7.50. The number of alkyl halides is 2. The number of hydrogen-bond donors (Lipinski definition) is 0. The van der Waals surface area contributed by atoms with Crippen LogP contribution in [-0.4, -0.2) is 37.3 Å². The predicted molar refractivity (Wildman–Crippen MR) is 201 cm³/mol. The number of esters is 1. The molecule has 0 saturated heterocycles. The lowest BCUT2D eigenvalue weighted by Crippen LogP contribution is -2.46. The van der Waals surface area contributed by atoms with Gasteiger partial charge in [0.2, 0.25) is 0 Å². The minimum absolute atomic E-state index is 0.0408. The molecule has 0 bridgehead atoms. The first kappa shape index (κ1) is 34.0. The van der Waals surface area contributed by atoms with E-state index in [0.717, 1.165) is 38.5 Å². The van der Waals surface area contributed by atoms with Crippen molar-refractivity contribution in [1.82, 2.24) is 0 Å². The molecule has 1 aromatic heterocycles. The fraction of sp³-hybridized carbons (Fsp3) is 0.386. The molecule has 8 rings (SSSR count). The maximum atomic E-state index is 14.2. The zero-order valence-electron chi connectivity index (χ0n) is 29.1. The molecule has 0 N–H and O–H groups in total. The standard InChI is InChI=1S/C44H45F2O4S/c1-3-24-44(45,46)29-50-42(2)36-22-23-37(36)43(27-40(42)43)25-26-48-41(47)28-49-32-18-14-30(15-19-32)12-13-31-16-20-33(21-17-31)51-38-10-6-4-8-34(38)35-9-5-7-11-39(35)51/h3-11,14-21,36-37,40H,1,12-13,22-29H2,2H3/q+1. The van der Waals surface area contributed by atoms with Crippen LogP contribution in [-0.2, 0) is 27.1 Å². The highest BCUT2D eigenvalue weighted by Crippen LogP contribution is 2.79. The Morgan fingerprint density at radius 3 is 2.10 bits per heavy atom. The molecule has 5 unspecified atom stereocenters. The maximum absolute atomic E-state index is 14.2. The van der Waals surface area contributed by atoms with E-state index in [2.05, 4.69) is 91.5 Å². The third-order valence-electron chi connectivity index (χ3n) is 12.1. The van der Waals surface area contributed by atoms with E-state index < -0.39 is 24.1 Å². The summed E-state index contributed by atoms with van der Waals surface area (Å²) in [7, 11) is -0.0822. The van der Waals surface area contributed by atoms with E-state index in [1.807, 2.05) is 19.1 Å². The van der Waals surface area contributed by atoms with Crippen molar-refractivity contribution in [3.05, 3.63) is 121 Å². The SMILES string of the molecule is C=CCC(F)(F)COC1(C)C2CCC2C2(CCOC(=O)COc3ccc(CCc4ccc(-[s+]5c6ccccc6c6ccccc65)cc4)cc3)CC21. The summed E-state index contributed by atoms with van der Waals surface area (Å²) in [5.41, 5.74) is 2.02.